The average Bonchev–Trinajstić information content (AvgIpc) is 2.86. The topological polar surface area (TPSA) is 65.1 Å². The fourth-order valence-corrected chi connectivity index (χ4v) is 2.77. The molecule has 3 N–H and O–H groups in total. The highest BCUT2D eigenvalue weighted by Gasteiger charge is 2.25. The van der Waals surface area contributed by atoms with Gasteiger partial charge in [-0.2, -0.15) is 5.10 Å². The van der Waals surface area contributed by atoms with E-state index < -0.39 is 0 Å². The summed E-state index contributed by atoms with van der Waals surface area (Å²) < 4.78 is 7.25. The van der Waals surface area contributed by atoms with E-state index >= 15 is 0 Å². The Morgan fingerprint density at radius 3 is 2.57 bits per heavy atom. The first kappa shape index (κ1) is 16.1. The van der Waals surface area contributed by atoms with Crippen LogP contribution in [-0.4, -0.2) is 16.9 Å². The van der Waals surface area contributed by atoms with Crippen LogP contribution in [0.4, 0.5) is 0 Å². The quantitative estimate of drug-likeness (QED) is 0.652. The molecule has 0 aliphatic heterocycles. The number of nitrogens with zero attached hydrogens (tertiary/aromatic N) is 2. The predicted molar refractivity (Wildman–Crippen MR) is 84.8 cm³/mol. The van der Waals surface area contributed by atoms with Crippen molar-refractivity contribution < 1.29 is 4.74 Å². The first-order chi connectivity index (χ1) is 9.99. The molecule has 0 amide bonds. The van der Waals surface area contributed by atoms with Crippen molar-refractivity contribution in [3.05, 3.63) is 45.7 Å². The molecule has 21 heavy (non-hydrogen) atoms. The fourth-order valence-electron chi connectivity index (χ4n) is 2.25. The molecular weight excluding hydrogens is 311 g/mol. The number of ether oxygens (including phenoxy) is 1. The molecule has 0 spiro atoms. The minimum Gasteiger partial charge on any atom is -0.493 e. The van der Waals surface area contributed by atoms with Gasteiger partial charge in [-0.05, 0) is 31.5 Å². The van der Waals surface area contributed by atoms with Crippen LogP contribution in [0.3, 0.4) is 0 Å². The maximum Gasteiger partial charge on any atom is 0.161 e. The van der Waals surface area contributed by atoms with Crippen LogP contribution in [0.15, 0.2) is 24.4 Å². The highest BCUT2D eigenvalue weighted by molar-refractivity contribution is 6.35. The molecule has 0 saturated carbocycles. The lowest BCUT2D eigenvalue weighted by atomic mass is 10.0. The second-order valence-electron chi connectivity index (χ2n) is 4.90. The maximum absolute atomic E-state index is 6.30. The lowest BCUT2D eigenvalue weighted by Gasteiger charge is -2.22. The van der Waals surface area contributed by atoms with Crippen LogP contribution in [0.1, 0.15) is 37.2 Å². The molecule has 1 heterocycles. The van der Waals surface area contributed by atoms with Gasteiger partial charge in [0.15, 0.2) is 5.75 Å². The van der Waals surface area contributed by atoms with E-state index in [-0.39, 0.29) is 12.1 Å². The van der Waals surface area contributed by atoms with Crippen molar-refractivity contribution >= 4 is 23.2 Å². The molecule has 1 aromatic heterocycles. The van der Waals surface area contributed by atoms with Crippen LogP contribution in [-0.2, 0) is 0 Å². The highest BCUT2D eigenvalue weighted by atomic mass is 35.5. The summed E-state index contributed by atoms with van der Waals surface area (Å²) >= 11 is 12.2. The number of methoxy groups -OCH3 is 1. The zero-order valence-corrected chi connectivity index (χ0v) is 13.6. The van der Waals surface area contributed by atoms with Gasteiger partial charge in [0.1, 0.15) is 5.69 Å². The van der Waals surface area contributed by atoms with E-state index in [0.717, 1.165) is 11.3 Å². The molecule has 1 atom stereocenters. The van der Waals surface area contributed by atoms with Crippen LogP contribution >= 0.6 is 23.2 Å². The van der Waals surface area contributed by atoms with Crippen molar-refractivity contribution in [1.29, 1.82) is 0 Å². The van der Waals surface area contributed by atoms with Crippen LogP contribution in [0.25, 0.3) is 0 Å². The zero-order chi connectivity index (χ0) is 15.6. The van der Waals surface area contributed by atoms with Crippen molar-refractivity contribution in [2.75, 3.05) is 7.11 Å². The normalized spacial score (nSPS) is 12.7. The molecule has 0 radical (unpaired) electrons. The van der Waals surface area contributed by atoms with Gasteiger partial charge in [0, 0.05) is 16.1 Å². The van der Waals surface area contributed by atoms with Gasteiger partial charge in [0.25, 0.3) is 0 Å². The third-order valence-corrected chi connectivity index (χ3v) is 3.78. The van der Waals surface area contributed by atoms with Crippen molar-refractivity contribution in [2.24, 2.45) is 5.84 Å². The van der Waals surface area contributed by atoms with Crippen molar-refractivity contribution in [3.63, 3.8) is 0 Å². The summed E-state index contributed by atoms with van der Waals surface area (Å²) in [6, 6.07) is 5.10. The van der Waals surface area contributed by atoms with Gasteiger partial charge < -0.3 is 4.74 Å². The largest absolute Gasteiger partial charge is 0.493 e. The van der Waals surface area contributed by atoms with Gasteiger partial charge in [-0.15, -0.1) is 0 Å². The monoisotopic (exact) mass is 328 g/mol. The minimum atomic E-state index is -0.352. The second kappa shape index (κ2) is 6.66. The summed E-state index contributed by atoms with van der Waals surface area (Å²) in [6.45, 7) is 4.07. The van der Waals surface area contributed by atoms with Gasteiger partial charge in [0.2, 0.25) is 0 Å². The van der Waals surface area contributed by atoms with E-state index in [9.17, 15) is 0 Å². The summed E-state index contributed by atoms with van der Waals surface area (Å²) in [7, 11) is 1.60. The van der Waals surface area contributed by atoms with Crippen LogP contribution in [0, 0.1) is 0 Å². The van der Waals surface area contributed by atoms with E-state index in [1.165, 1.54) is 0 Å². The van der Waals surface area contributed by atoms with E-state index in [1.807, 2.05) is 24.6 Å². The highest BCUT2D eigenvalue weighted by Crippen LogP contribution is 2.35. The van der Waals surface area contributed by atoms with E-state index in [4.69, 9.17) is 33.8 Å². The number of aromatic nitrogens is 2. The Kier molecular flexibility index (Phi) is 5.11. The lowest BCUT2D eigenvalue weighted by molar-refractivity contribution is 0.394. The number of nitrogens with one attached hydrogen (secondary N) is 1. The summed E-state index contributed by atoms with van der Waals surface area (Å²) in [5, 5.41) is 5.46. The van der Waals surface area contributed by atoms with E-state index in [2.05, 4.69) is 10.5 Å². The Balaban J connectivity index is 2.58. The first-order valence-corrected chi connectivity index (χ1v) is 7.27. The van der Waals surface area contributed by atoms with Gasteiger partial charge in [-0.3, -0.25) is 10.5 Å². The molecule has 0 aliphatic carbocycles. The van der Waals surface area contributed by atoms with E-state index in [0.29, 0.717) is 15.8 Å². The number of halogens is 2. The number of hydrazine groups is 1. The average molecular weight is 329 g/mol. The fraction of sp³-hybridized carbons (Fsp3) is 0.357. The number of rotatable bonds is 5. The molecular formula is C14H18Cl2N4O. The number of benzene rings is 1. The maximum atomic E-state index is 6.30. The molecule has 0 bridgehead atoms. The Morgan fingerprint density at radius 2 is 2.05 bits per heavy atom. The van der Waals surface area contributed by atoms with Crippen molar-refractivity contribution in [2.45, 2.75) is 25.9 Å². The minimum absolute atomic E-state index is 0.158. The molecule has 0 fully saturated rings. The van der Waals surface area contributed by atoms with Crippen LogP contribution < -0.4 is 16.0 Å². The number of hydrogen-bond donors (Lipinski definition) is 2. The Hall–Kier alpha value is -1.27. The lowest BCUT2D eigenvalue weighted by Crippen LogP contribution is -2.31. The summed E-state index contributed by atoms with van der Waals surface area (Å²) in [4.78, 5) is 0. The molecule has 2 aromatic rings. The van der Waals surface area contributed by atoms with Crippen molar-refractivity contribution in [1.82, 2.24) is 15.2 Å². The zero-order valence-electron chi connectivity index (χ0n) is 12.1. The summed E-state index contributed by atoms with van der Waals surface area (Å²) in [6.07, 6.45) is 1.67. The third-order valence-electron chi connectivity index (χ3n) is 3.22. The summed E-state index contributed by atoms with van der Waals surface area (Å²) in [5.74, 6) is 6.41. The molecule has 2 rings (SSSR count). The van der Waals surface area contributed by atoms with Gasteiger partial charge in [0.05, 0.1) is 19.3 Å². The van der Waals surface area contributed by atoms with Gasteiger partial charge in [-0.1, -0.05) is 29.3 Å². The molecule has 7 heteroatoms. The van der Waals surface area contributed by atoms with Crippen LogP contribution in [0.2, 0.25) is 10.0 Å². The Labute approximate surface area is 134 Å². The SMILES string of the molecule is COc1cnn(C(C)C)c1C(NN)c1ccc(Cl)cc1Cl. The standard InChI is InChI=1S/C14H18Cl2N4O/c1-8(2)20-14(12(21-3)7-18-20)13(19-17)10-5-4-9(15)6-11(10)16/h4-8,13,19H,17H2,1-3H3. The van der Waals surface area contributed by atoms with Gasteiger partial charge >= 0.3 is 0 Å². The van der Waals surface area contributed by atoms with Crippen LogP contribution in [0.5, 0.6) is 5.75 Å². The smallest absolute Gasteiger partial charge is 0.161 e. The van der Waals surface area contributed by atoms with Gasteiger partial charge in [-0.25, -0.2) is 5.43 Å². The first-order valence-electron chi connectivity index (χ1n) is 6.52. The summed E-state index contributed by atoms with van der Waals surface area (Å²) in [5.41, 5.74) is 4.41. The van der Waals surface area contributed by atoms with Crippen molar-refractivity contribution in [3.8, 4) is 5.75 Å². The third kappa shape index (κ3) is 3.16. The second-order valence-corrected chi connectivity index (χ2v) is 5.75. The molecule has 5 nitrogen and oxygen atoms in total. The number of hydrogen-bond acceptors (Lipinski definition) is 4. The Morgan fingerprint density at radius 1 is 1.33 bits per heavy atom. The molecule has 114 valence electrons. The molecule has 0 saturated heterocycles. The molecule has 0 aliphatic rings. The Bertz CT molecular complexity index is 627. The molecule has 1 unspecified atom stereocenters. The molecule has 1 aromatic carbocycles. The van der Waals surface area contributed by atoms with E-state index in [1.54, 1.807) is 25.4 Å². The number of nitrogens with two attached hydrogens (primary N) is 1. The predicted octanol–water partition coefficient (Wildman–Crippen LogP) is 3.33.